The summed E-state index contributed by atoms with van der Waals surface area (Å²) in [5.74, 6) is 0.527. The van der Waals surface area contributed by atoms with Crippen molar-refractivity contribution in [2.75, 3.05) is 26.0 Å². The van der Waals surface area contributed by atoms with Crippen LogP contribution in [0.25, 0.3) is 0 Å². The number of nitro benzene ring substituents is 1. The van der Waals surface area contributed by atoms with E-state index in [4.69, 9.17) is 19.5 Å². The van der Waals surface area contributed by atoms with Crippen LogP contribution in [0.1, 0.15) is 37.0 Å². The maximum Gasteiger partial charge on any atom is 0.368 e. The molecule has 13 heteroatoms. The van der Waals surface area contributed by atoms with E-state index < -0.39 is 22.5 Å². The number of nitrogens with two attached hydrogens (primary N) is 1. The second-order valence-corrected chi connectivity index (χ2v) is 15.3. The number of ether oxygens (including phenoxy) is 1. The van der Waals surface area contributed by atoms with Crippen molar-refractivity contribution in [3.8, 4) is 18.6 Å². The first kappa shape index (κ1) is 41.8. The number of hydrogen-bond acceptors (Lipinski definition) is 9. The Balaban J connectivity index is 0.000000613. The van der Waals surface area contributed by atoms with Crippen molar-refractivity contribution in [2.45, 2.75) is 45.3 Å². The Morgan fingerprint density at radius 3 is 1.78 bits per heavy atom. The van der Waals surface area contributed by atoms with Gasteiger partial charge in [-0.3, -0.25) is 14.7 Å². The molecular formula is C37H46N3O8PS. The van der Waals surface area contributed by atoms with Crippen molar-refractivity contribution >= 4 is 23.3 Å². The quantitative estimate of drug-likeness (QED) is 0.0498. The Morgan fingerprint density at radius 2 is 1.34 bits per heavy atom. The van der Waals surface area contributed by atoms with Crippen LogP contribution in [-0.2, 0) is 36.8 Å². The fourth-order valence-corrected chi connectivity index (χ4v) is 7.13. The SMILES string of the molecule is C#C.CC(C)CN(CCCN)S(=O)(=O)c1ccc(OCP(=O)(OCc2ccccc2)OCc2ccccc2)cc1.Cc1ccc([N+](=O)[O-])cc1. The Bertz CT molecular complexity index is 1690. The summed E-state index contributed by atoms with van der Waals surface area (Å²) in [6, 6.07) is 31.3. The molecule has 0 saturated carbocycles. The van der Waals surface area contributed by atoms with Gasteiger partial charge in [-0.05, 0) is 61.2 Å². The molecule has 0 radical (unpaired) electrons. The van der Waals surface area contributed by atoms with Crippen LogP contribution in [-0.4, -0.2) is 43.6 Å². The zero-order valence-corrected chi connectivity index (χ0v) is 30.4. The zero-order chi connectivity index (χ0) is 37.0. The van der Waals surface area contributed by atoms with Crippen LogP contribution in [0.15, 0.2) is 114 Å². The normalized spacial score (nSPS) is 11.2. The first-order chi connectivity index (χ1) is 23.9. The number of sulfonamides is 1. The largest absolute Gasteiger partial charge is 0.481 e. The van der Waals surface area contributed by atoms with Crippen molar-refractivity contribution in [1.82, 2.24) is 4.31 Å². The highest BCUT2D eigenvalue weighted by molar-refractivity contribution is 7.89. The maximum atomic E-state index is 13.6. The summed E-state index contributed by atoms with van der Waals surface area (Å²) in [6.07, 6.45) is 8.25. The molecule has 4 rings (SSSR count). The number of nitro groups is 1. The van der Waals surface area contributed by atoms with E-state index in [2.05, 4.69) is 12.8 Å². The molecule has 0 fully saturated rings. The van der Waals surface area contributed by atoms with E-state index in [1.807, 2.05) is 81.4 Å². The number of aryl methyl sites for hydroxylation is 1. The standard InChI is InChI=1S/C28H37N2O6PS.C7H7NO2.C2H2/c1-24(2)20-30(19-9-18-29)38(32,33)28-16-14-27(15-17-28)34-23-37(31,35-21-25-10-5-3-6-11-25)36-22-26-12-7-4-8-13-26;1-6-2-4-7(5-3-6)8(9)10;1-2/h3-8,10-17,24H,9,18-23,29H2,1-2H3;2-5H,1H3;1-2H. The lowest BCUT2D eigenvalue weighted by Gasteiger charge is -2.24. The Morgan fingerprint density at radius 1 is 0.840 bits per heavy atom. The third-order valence-corrected chi connectivity index (χ3v) is 10.2. The summed E-state index contributed by atoms with van der Waals surface area (Å²) in [7, 11) is -7.35. The van der Waals surface area contributed by atoms with Crippen molar-refractivity contribution in [2.24, 2.45) is 11.7 Å². The molecule has 0 amide bonds. The lowest BCUT2D eigenvalue weighted by atomic mass is 10.2. The van der Waals surface area contributed by atoms with Gasteiger partial charge in [-0.1, -0.05) is 92.2 Å². The van der Waals surface area contributed by atoms with Crippen molar-refractivity contribution < 1.29 is 31.7 Å². The van der Waals surface area contributed by atoms with Gasteiger partial charge < -0.3 is 19.5 Å². The van der Waals surface area contributed by atoms with Crippen LogP contribution in [0.4, 0.5) is 5.69 Å². The number of rotatable bonds is 17. The van der Waals surface area contributed by atoms with Crippen LogP contribution in [0.3, 0.4) is 0 Å². The van der Waals surface area contributed by atoms with Gasteiger partial charge in [0.1, 0.15) is 5.75 Å². The average Bonchev–Trinajstić information content (AvgIpc) is 3.13. The molecule has 268 valence electrons. The summed E-state index contributed by atoms with van der Waals surface area (Å²) >= 11 is 0. The molecule has 0 heterocycles. The first-order valence-electron chi connectivity index (χ1n) is 15.9. The van der Waals surface area contributed by atoms with Gasteiger partial charge in [0.15, 0.2) is 6.35 Å². The number of hydrogen-bond donors (Lipinski definition) is 1. The third kappa shape index (κ3) is 14.6. The van der Waals surface area contributed by atoms with E-state index in [0.29, 0.717) is 31.8 Å². The first-order valence-corrected chi connectivity index (χ1v) is 19.0. The van der Waals surface area contributed by atoms with Crippen LogP contribution < -0.4 is 10.5 Å². The Hall–Kier alpha value is -4.34. The summed E-state index contributed by atoms with van der Waals surface area (Å²) < 4.78 is 58.7. The summed E-state index contributed by atoms with van der Waals surface area (Å²) in [4.78, 5) is 9.87. The minimum absolute atomic E-state index is 0.0991. The van der Waals surface area contributed by atoms with Crippen LogP contribution >= 0.6 is 7.60 Å². The van der Waals surface area contributed by atoms with Crippen molar-refractivity contribution in [1.29, 1.82) is 0 Å². The van der Waals surface area contributed by atoms with Crippen LogP contribution in [0, 0.1) is 35.8 Å². The third-order valence-electron chi connectivity index (χ3n) is 6.82. The molecule has 0 aliphatic rings. The van der Waals surface area contributed by atoms with Crippen molar-refractivity contribution in [3.63, 3.8) is 0 Å². The highest BCUT2D eigenvalue weighted by Crippen LogP contribution is 2.49. The molecule has 50 heavy (non-hydrogen) atoms. The maximum absolute atomic E-state index is 13.6. The Kier molecular flexibility index (Phi) is 18.1. The van der Waals surface area contributed by atoms with Gasteiger partial charge >= 0.3 is 7.60 Å². The van der Waals surface area contributed by atoms with E-state index in [1.54, 1.807) is 24.3 Å². The highest BCUT2D eigenvalue weighted by Gasteiger charge is 2.28. The fraction of sp³-hybridized carbons (Fsp3) is 0.297. The zero-order valence-electron chi connectivity index (χ0n) is 28.7. The van der Waals surface area contributed by atoms with Gasteiger partial charge in [-0.2, -0.15) is 4.31 Å². The topological polar surface area (TPSA) is 151 Å². The molecule has 0 saturated heterocycles. The van der Waals surface area contributed by atoms with Crippen LogP contribution in [0.5, 0.6) is 5.75 Å². The molecule has 0 spiro atoms. The molecule has 2 N–H and O–H groups in total. The molecular weight excluding hydrogens is 677 g/mol. The smallest absolute Gasteiger partial charge is 0.368 e. The lowest BCUT2D eigenvalue weighted by molar-refractivity contribution is -0.384. The fourth-order valence-electron chi connectivity index (χ4n) is 4.27. The average molecular weight is 724 g/mol. The van der Waals surface area contributed by atoms with Gasteiger partial charge in [0.25, 0.3) is 5.69 Å². The number of benzene rings is 4. The molecule has 4 aromatic rings. The minimum Gasteiger partial charge on any atom is -0.481 e. The molecule has 0 unspecified atom stereocenters. The second kappa shape index (κ2) is 21.7. The predicted molar refractivity (Wildman–Crippen MR) is 197 cm³/mol. The second-order valence-electron chi connectivity index (χ2n) is 11.4. The van der Waals surface area contributed by atoms with Gasteiger partial charge in [0.05, 0.1) is 23.0 Å². The molecule has 4 aromatic carbocycles. The lowest BCUT2D eigenvalue weighted by Crippen LogP contribution is -2.35. The summed E-state index contributed by atoms with van der Waals surface area (Å²) in [5, 5.41) is 10.1. The van der Waals surface area contributed by atoms with E-state index in [9.17, 15) is 23.1 Å². The van der Waals surface area contributed by atoms with E-state index in [1.165, 1.54) is 28.6 Å². The predicted octanol–water partition coefficient (Wildman–Crippen LogP) is 7.80. The monoisotopic (exact) mass is 723 g/mol. The van der Waals surface area contributed by atoms with E-state index in [-0.39, 0.29) is 36.1 Å². The van der Waals surface area contributed by atoms with E-state index in [0.717, 1.165) is 16.7 Å². The molecule has 0 aliphatic heterocycles. The Labute approximate surface area is 296 Å². The molecule has 0 bridgehead atoms. The van der Waals surface area contributed by atoms with Gasteiger partial charge in [0.2, 0.25) is 10.0 Å². The van der Waals surface area contributed by atoms with E-state index >= 15 is 0 Å². The number of nitrogens with zero attached hydrogens (tertiary/aromatic N) is 2. The number of non-ortho nitro benzene ring substituents is 1. The molecule has 0 aromatic heterocycles. The summed E-state index contributed by atoms with van der Waals surface area (Å²) in [6.45, 7) is 7.21. The van der Waals surface area contributed by atoms with Gasteiger partial charge in [-0.15, -0.1) is 12.8 Å². The molecule has 0 aliphatic carbocycles. The summed E-state index contributed by atoms with van der Waals surface area (Å²) in [5.41, 5.74) is 8.49. The van der Waals surface area contributed by atoms with Crippen LogP contribution in [0.2, 0.25) is 0 Å². The van der Waals surface area contributed by atoms with Crippen molar-refractivity contribution in [3.05, 3.63) is 136 Å². The molecule has 0 atom stereocenters. The van der Waals surface area contributed by atoms with Gasteiger partial charge in [0, 0.05) is 25.2 Å². The number of terminal acetylenes is 1. The molecule has 11 nitrogen and oxygen atoms in total. The minimum atomic E-state index is -3.69. The van der Waals surface area contributed by atoms with Gasteiger partial charge in [-0.25, -0.2) is 8.42 Å². The highest BCUT2D eigenvalue weighted by atomic mass is 32.2.